The highest BCUT2D eigenvalue weighted by atomic mass is 28.1. The Kier molecular flexibility index (Phi) is 1.45. The molecular weight excluding hydrogens is 166 g/mol. The van der Waals surface area contributed by atoms with Crippen LogP contribution in [0.2, 0.25) is 0 Å². The van der Waals surface area contributed by atoms with E-state index in [1.54, 1.807) is 6.07 Å². The lowest BCUT2D eigenvalue weighted by Crippen LogP contribution is -2.04. The molecule has 58 valence electrons. The summed E-state index contributed by atoms with van der Waals surface area (Å²) >= 11 is 0. The van der Waals surface area contributed by atoms with Gasteiger partial charge in [0.25, 0.3) is 0 Å². The molecule has 0 unspecified atom stereocenters. The molecule has 0 radical (unpaired) electrons. The van der Waals surface area contributed by atoms with Gasteiger partial charge in [-0.3, -0.25) is 0 Å². The first-order valence-corrected chi connectivity index (χ1v) is 4.66. The van der Waals surface area contributed by atoms with Crippen LogP contribution in [0.15, 0.2) is 18.2 Å². The summed E-state index contributed by atoms with van der Waals surface area (Å²) in [5.74, 6) is 0. The third-order valence-corrected chi connectivity index (χ3v) is 2.20. The van der Waals surface area contributed by atoms with Crippen LogP contribution in [0.1, 0.15) is 5.56 Å². The molecule has 3 nitrogen and oxygen atoms in total. The van der Waals surface area contributed by atoms with Crippen LogP contribution < -0.4 is 5.45 Å². The third kappa shape index (κ3) is 1.00. The van der Waals surface area contributed by atoms with Gasteiger partial charge >= 0.3 is 0 Å². The molecule has 0 aliphatic rings. The average Bonchev–Trinajstić information content (AvgIpc) is 2.43. The molecule has 2 rings (SSSR count). The first kappa shape index (κ1) is 7.07. The lowest BCUT2D eigenvalue weighted by molar-refractivity contribution is 1.44. The number of rotatable bonds is 0. The maximum absolute atomic E-state index is 8.63. The minimum absolute atomic E-state index is 0.674. The average molecular weight is 173 g/mol. The molecule has 0 atom stereocenters. The predicted molar refractivity (Wildman–Crippen MR) is 50.4 cm³/mol. The second-order valence-corrected chi connectivity index (χ2v) is 3.61. The van der Waals surface area contributed by atoms with Crippen molar-refractivity contribution in [1.29, 1.82) is 5.26 Å². The number of aromatic nitrogens is 2. The highest BCUT2D eigenvalue weighted by Gasteiger charge is 1.98. The summed E-state index contributed by atoms with van der Waals surface area (Å²) in [5.41, 5.74) is 3.59. The highest BCUT2D eigenvalue weighted by molar-refractivity contribution is 6.30. The van der Waals surface area contributed by atoms with Crippen molar-refractivity contribution in [2.45, 2.75) is 0 Å². The molecule has 1 aromatic carbocycles. The van der Waals surface area contributed by atoms with Gasteiger partial charge < -0.3 is 4.98 Å². The number of aromatic amines is 1. The van der Waals surface area contributed by atoms with Crippen LogP contribution in [0.25, 0.3) is 11.0 Å². The van der Waals surface area contributed by atoms with Gasteiger partial charge in [0.1, 0.15) is 0 Å². The summed E-state index contributed by atoms with van der Waals surface area (Å²) in [6.45, 7) is 0. The van der Waals surface area contributed by atoms with Crippen molar-refractivity contribution < 1.29 is 0 Å². The number of fused-ring (bicyclic) bond motifs is 1. The number of H-pyrrole nitrogens is 1. The van der Waals surface area contributed by atoms with E-state index in [0.717, 1.165) is 26.7 Å². The van der Waals surface area contributed by atoms with E-state index in [4.69, 9.17) is 5.26 Å². The zero-order valence-corrected chi connectivity index (χ0v) is 8.63. The molecule has 2 aromatic rings. The fourth-order valence-electron chi connectivity index (χ4n) is 1.21. The van der Waals surface area contributed by atoms with E-state index in [1.165, 1.54) is 0 Å². The van der Waals surface area contributed by atoms with Gasteiger partial charge in [-0.1, -0.05) is 0 Å². The standard InChI is InChI=1S/C8H7N3Si/c9-4-5-1-2-6-7(3-5)11-8(12)10-6/h1-3H,12H3,(H,10,11). The molecule has 0 bridgehead atoms. The summed E-state index contributed by atoms with van der Waals surface area (Å²) in [5, 5.41) is 8.63. The molecule has 4 heteroatoms. The van der Waals surface area contributed by atoms with Crippen LogP contribution in [0.5, 0.6) is 0 Å². The number of nitrogens with one attached hydrogen (secondary N) is 1. The molecule has 0 aliphatic carbocycles. The minimum Gasteiger partial charge on any atom is -0.347 e. The normalized spacial score (nSPS) is 10.2. The van der Waals surface area contributed by atoms with Crippen molar-refractivity contribution in [1.82, 2.24) is 9.97 Å². The largest absolute Gasteiger partial charge is 0.347 e. The summed E-state index contributed by atoms with van der Waals surface area (Å²) in [4.78, 5) is 7.42. The van der Waals surface area contributed by atoms with E-state index in [2.05, 4.69) is 16.0 Å². The van der Waals surface area contributed by atoms with Gasteiger partial charge in [0, 0.05) is 0 Å². The zero-order valence-electron chi connectivity index (χ0n) is 6.63. The Hall–Kier alpha value is -1.60. The Morgan fingerprint density at radius 3 is 3.08 bits per heavy atom. The van der Waals surface area contributed by atoms with E-state index in [1.807, 2.05) is 12.1 Å². The van der Waals surface area contributed by atoms with Crippen LogP contribution in [0.3, 0.4) is 0 Å². The predicted octanol–water partition coefficient (Wildman–Crippen LogP) is -0.575. The summed E-state index contributed by atoms with van der Waals surface area (Å²) in [6, 6.07) is 7.56. The van der Waals surface area contributed by atoms with Gasteiger partial charge in [-0.15, -0.1) is 0 Å². The number of hydrogen-bond donors (Lipinski definition) is 1. The van der Waals surface area contributed by atoms with E-state index in [0.29, 0.717) is 5.56 Å². The molecule has 0 saturated carbocycles. The fraction of sp³-hybridized carbons (Fsp3) is 0. The smallest absolute Gasteiger partial charge is 0.0992 e. The maximum Gasteiger partial charge on any atom is 0.0992 e. The van der Waals surface area contributed by atoms with Crippen molar-refractivity contribution in [3.8, 4) is 6.07 Å². The Morgan fingerprint density at radius 2 is 2.33 bits per heavy atom. The minimum atomic E-state index is 0.674. The van der Waals surface area contributed by atoms with Crippen LogP contribution in [-0.2, 0) is 0 Å². The quantitative estimate of drug-likeness (QED) is 0.542. The number of imidazole rings is 1. The Bertz CT molecular complexity index is 467. The first-order chi connectivity index (χ1) is 5.79. The number of hydrogen-bond acceptors (Lipinski definition) is 2. The van der Waals surface area contributed by atoms with Crippen molar-refractivity contribution in [2.75, 3.05) is 0 Å². The second-order valence-electron chi connectivity index (χ2n) is 2.67. The Balaban J connectivity index is 2.77. The Morgan fingerprint density at radius 1 is 1.50 bits per heavy atom. The maximum atomic E-state index is 8.63. The van der Waals surface area contributed by atoms with Crippen molar-refractivity contribution in [3.63, 3.8) is 0 Å². The van der Waals surface area contributed by atoms with Crippen LogP contribution in [-0.4, -0.2) is 20.2 Å². The molecule has 1 aromatic heterocycles. The lowest BCUT2D eigenvalue weighted by atomic mass is 10.2. The molecule has 0 spiro atoms. The van der Waals surface area contributed by atoms with Gasteiger partial charge in [0.05, 0.1) is 38.4 Å². The molecule has 0 amide bonds. The number of nitrogens with zero attached hydrogens (tertiary/aromatic N) is 2. The van der Waals surface area contributed by atoms with Gasteiger partial charge in [0.2, 0.25) is 0 Å². The summed E-state index contributed by atoms with van der Waals surface area (Å²) < 4.78 is 0. The van der Waals surface area contributed by atoms with Gasteiger partial charge in [-0.2, -0.15) is 5.26 Å². The summed E-state index contributed by atoms with van der Waals surface area (Å²) in [6.07, 6.45) is 0. The van der Waals surface area contributed by atoms with Gasteiger partial charge in [0.15, 0.2) is 0 Å². The van der Waals surface area contributed by atoms with Crippen molar-refractivity contribution in [2.24, 2.45) is 0 Å². The molecule has 12 heavy (non-hydrogen) atoms. The van der Waals surface area contributed by atoms with E-state index < -0.39 is 0 Å². The summed E-state index contributed by atoms with van der Waals surface area (Å²) in [7, 11) is 0.912. The SMILES string of the molecule is N#Cc1ccc2nc([SiH3])[nH]c2c1. The van der Waals surface area contributed by atoms with E-state index in [9.17, 15) is 0 Å². The first-order valence-electron chi connectivity index (χ1n) is 3.66. The number of nitriles is 1. The molecule has 0 fully saturated rings. The Labute approximate surface area is 72.5 Å². The zero-order chi connectivity index (χ0) is 8.55. The van der Waals surface area contributed by atoms with Crippen LogP contribution in [0.4, 0.5) is 0 Å². The number of benzene rings is 1. The van der Waals surface area contributed by atoms with Crippen LogP contribution >= 0.6 is 0 Å². The second kappa shape index (κ2) is 2.46. The van der Waals surface area contributed by atoms with E-state index in [-0.39, 0.29) is 0 Å². The lowest BCUT2D eigenvalue weighted by Gasteiger charge is -1.87. The van der Waals surface area contributed by atoms with Gasteiger partial charge in [-0.25, -0.2) is 4.98 Å². The molecule has 1 heterocycles. The monoisotopic (exact) mass is 173 g/mol. The van der Waals surface area contributed by atoms with Crippen molar-refractivity contribution >= 4 is 26.7 Å². The highest BCUT2D eigenvalue weighted by Crippen LogP contribution is 2.09. The van der Waals surface area contributed by atoms with Gasteiger partial charge in [-0.05, 0) is 18.2 Å². The molecule has 1 N–H and O–H groups in total. The van der Waals surface area contributed by atoms with Crippen molar-refractivity contribution in [3.05, 3.63) is 23.8 Å². The molecular formula is C8H7N3Si. The topological polar surface area (TPSA) is 52.5 Å². The fourth-order valence-corrected chi connectivity index (χ4v) is 1.72. The molecule has 0 aliphatic heterocycles. The van der Waals surface area contributed by atoms with Crippen LogP contribution in [0, 0.1) is 11.3 Å². The van der Waals surface area contributed by atoms with E-state index >= 15 is 0 Å². The molecule has 0 saturated heterocycles. The third-order valence-electron chi connectivity index (χ3n) is 1.73.